The molecule has 1 aromatic rings. The number of amides is 1. The van der Waals surface area contributed by atoms with E-state index in [1.807, 2.05) is 19.1 Å². The van der Waals surface area contributed by atoms with Crippen molar-refractivity contribution < 1.29 is 13.2 Å². The molecule has 3 rings (SSSR count). The standard InChI is InChI=1S/C22H34N2O3S/c1-18-8-6-7-11-21(18)28(26,27)24-16-14-19(15-17-24)12-13-22(25)23-20-9-4-2-3-5-10-20/h6-8,11,19-20H,2-5,9-10,12-17H2,1H3,(H,23,25). The van der Waals surface area contributed by atoms with Gasteiger partial charge in [-0.1, -0.05) is 43.9 Å². The minimum absolute atomic E-state index is 0.168. The summed E-state index contributed by atoms with van der Waals surface area (Å²) in [5.41, 5.74) is 0.791. The molecule has 1 saturated heterocycles. The van der Waals surface area contributed by atoms with E-state index in [9.17, 15) is 13.2 Å². The zero-order valence-electron chi connectivity index (χ0n) is 17.0. The molecule has 0 radical (unpaired) electrons. The van der Waals surface area contributed by atoms with Crippen LogP contribution < -0.4 is 5.32 Å². The molecular weight excluding hydrogens is 372 g/mol. The third-order valence-corrected chi connectivity index (χ3v) is 8.34. The fraction of sp³-hybridized carbons (Fsp3) is 0.682. The fourth-order valence-corrected chi connectivity index (χ4v) is 6.18. The number of nitrogens with zero attached hydrogens (tertiary/aromatic N) is 1. The van der Waals surface area contributed by atoms with Gasteiger partial charge in [0.1, 0.15) is 0 Å². The Bertz CT molecular complexity index is 747. The van der Waals surface area contributed by atoms with Crippen molar-refractivity contribution in [3.8, 4) is 0 Å². The highest BCUT2D eigenvalue weighted by Crippen LogP contribution is 2.27. The van der Waals surface area contributed by atoms with Crippen LogP contribution >= 0.6 is 0 Å². The van der Waals surface area contributed by atoms with Crippen LogP contribution in [-0.4, -0.2) is 37.8 Å². The maximum atomic E-state index is 12.9. The summed E-state index contributed by atoms with van der Waals surface area (Å²) in [5.74, 6) is 0.602. The second-order valence-corrected chi connectivity index (χ2v) is 10.3. The highest BCUT2D eigenvalue weighted by molar-refractivity contribution is 7.89. The van der Waals surface area contributed by atoms with E-state index in [1.165, 1.54) is 25.7 Å². The molecule has 1 aliphatic heterocycles. The van der Waals surface area contributed by atoms with Gasteiger partial charge in [0.2, 0.25) is 15.9 Å². The number of nitrogens with one attached hydrogen (secondary N) is 1. The maximum absolute atomic E-state index is 12.9. The molecule has 1 aromatic carbocycles. The fourth-order valence-electron chi connectivity index (χ4n) is 4.48. The van der Waals surface area contributed by atoms with Gasteiger partial charge >= 0.3 is 0 Å². The molecule has 1 N–H and O–H groups in total. The monoisotopic (exact) mass is 406 g/mol. The van der Waals surface area contributed by atoms with Crippen molar-refractivity contribution in [3.05, 3.63) is 29.8 Å². The minimum atomic E-state index is -3.42. The van der Waals surface area contributed by atoms with E-state index in [2.05, 4.69) is 5.32 Å². The van der Waals surface area contributed by atoms with Crippen LogP contribution in [0.4, 0.5) is 0 Å². The highest BCUT2D eigenvalue weighted by Gasteiger charge is 2.30. The Morgan fingerprint density at radius 1 is 1.04 bits per heavy atom. The van der Waals surface area contributed by atoms with Crippen molar-refractivity contribution in [3.63, 3.8) is 0 Å². The zero-order chi connectivity index (χ0) is 20.0. The largest absolute Gasteiger partial charge is 0.353 e. The van der Waals surface area contributed by atoms with E-state index in [1.54, 1.807) is 16.4 Å². The molecular formula is C22H34N2O3S. The van der Waals surface area contributed by atoms with E-state index in [0.717, 1.165) is 37.7 Å². The molecule has 6 heteroatoms. The third kappa shape index (κ3) is 5.57. The van der Waals surface area contributed by atoms with Crippen LogP contribution in [0.5, 0.6) is 0 Å². The van der Waals surface area contributed by atoms with E-state index < -0.39 is 10.0 Å². The van der Waals surface area contributed by atoms with Gasteiger partial charge in [-0.05, 0) is 56.6 Å². The topological polar surface area (TPSA) is 66.5 Å². The van der Waals surface area contributed by atoms with Gasteiger partial charge in [-0.25, -0.2) is 8.42 Å². The first-order valence-electron chi connectivity index (χ1n) is 10.8. The van der Waals surface area contributed by atoms with Crippen molar-refractivity contribution in [1.29, 1.82) is 0 Å². The Labute approximate surface area is 169 Å². The van der Waals surface area contributed by atoms with E-state index in [4.69, 9.17) is 0 Å². The summed E-state index contributed by atoms with van der Waals surface area (Å²) in [7, 11) is -3.42. The number of hydrogen-bond donors (Lipinski definition) is 1. The number of sulfonamides is 1. The van der Waals surface area contributed by atoms with Crippen LogP contribution in [0, 0.1) is 12.8 Å². The Kier molecular flexibility index (Phi) is 7.52. The molecule has 1 heterocycles. The van der Waals surface area contributed by atoms with Crippen molar-refractivity contribution in [1.82, 2.24) is 9.62 Å². The number of carbonyl (C=O) groups is 1. The molecule has 156 valence electrons. The lowest BCUT2D eigenvalue weighted by Crippen LogP contribution is -2.39. The predicted octanol–water partition coefficient (Wildman–Crippen LogP) is 4.01. The van der Waals surface area contributed by atoms with Crippen LogP contribution in [0.25, 0.3) is 0 Å². The average Bonchev–Trinajstić information content (AvgIpc) is 2.95. The van der Waals surface area contributed by atoms with Crippen molar-refractivity contribution in [2.75, 3.05) is 13.1 Å². The van der Waals surface area contributed by atoms with Crippen LogP contribution in [-0.2, 0) is 14.8 Å². The van der Waals surface area contributed by atoms with E-state index >= 15 is 0 Å². The molecule has 1 aliphatic carbocycles. The van der Waals surface area contributed by atoms with Crippen LogP contribution in [0.3, 0.4) is 0 Å². The van der Waals surface area contributed by atoms with Crippen molar-refractivity contribution >= 4 is 15.9 Å². The van der Waals surface area contributed by atoms with Gasteiger partial charge < -0.3 is 5.32 Å². The van der Waals surface area contributed by atoms with Crippen LogP contribution in [0.1, 0.15) is 69.8 Å². The summed E-state index contributed by atoms with van der Waals surface area (Å²) in [5, 5.41) is 3.21. The van der Waals surface area contributed by atoms with Crippen LogP contribution in [0.15, 0.2) is 29.2 Å². The van der Waals surface area contributed by atoms with Gasteiger partial charge in [0, 0.05) is 25.6 Å². The molecule has 1 saturated carbocycles. The first kappa shape index (κ1) is 21.3. The molecule has 0 bridgehead atoms. The lowest BCUT2D eigenvalue weighted by Gasteiger charge is -2.31. The van der Waals surface area contributed by atoms with Gasteiger partial charge in [-0.3, -0.25) is 4.79 Å². The summed E-state index contributed by atoms with van der Waals surface area (Å²) in [6, 6.07) is 7.53. The molecule has 28 heavy (non-hydrogen) atoms. The van der Waals surface area contributed by atoms with E-state index in [0.29, 0.717) is 36.4 Å². The number of benzene rings is 1. The average molecular weight is 407 g/mol. The summed E-state index contributed by atoms with van der Waals surface area (Å²) >= 11 is 0. The smallest absolute Gasteiger partial charge is 0.243 e. The number of rotatable bonds is 6. The number of hydrogen-bond acceptors (Lipinski definition) is 3. The molecule has 2 aliphatic rings. The molecule has 2 fully saturated rings. The Morgan fingerprint density at radius 3 is 2.32 bits per heavy atom. The minimum Gasteiger partial charge on any atom is -0.353 e. The van der Waals surface area contributed by atoms with Crippen molar-refractivity contribution in [2.45, 2.75) is 82.1 Å². The van der Waals surface area contributed by atoms with Gasteiger partial charge in [-0.15, -0.1) is 0 Å². The summed E-state index contributed by atoms with van der Waals surface area (Å²) in [6.45, 7) is 2.93. The quantitative estimate of drug-likeness (QED) is 0.726. The first-order chi connectivity index (χ1) is 13.5. The number of carbonyl (C=O) groups excluding carboxylic acids is 1. The SMILES string of the molecule is Cc1ccccc1S(=O)(=O)N1CCC(CCC(=O)NC2CCCCCC2)CC1. The summed E-state index contributed by atoms with van der Waals surface area (Å²) < 4.78 is 27.4. The normalized spacial score (nSPS) is 20.6. The Hall–Kier alpha value is -1.40. The molecule has 5 nitrogen and oxygen atoms in total. The molecule has 1 amide bonds. The van der Waals surface area contributed by atoms with Gasteiger partial charge in [-0.2, -0.15) is 4.31 Å². The first-order valence-corrected chi connectivity index (χ1v) is 12.3. The molecule has 0 spiro atoms. The predicted molar refractivity (Wildman–Crippen MR) is 112 cm³/mol. The molecule has 0 unspecified atom stereocenters. The van der Waals surface area contributed by atoms with E-state index in [-0.39, 0.29) is 5.91 Å². The molecule has 0 aromatic heterocycles. The summed E-state index contributed by atoms with van der Waals surface area (Å²) in [6.07, 6.45) is 10.3. The van der Waals surface area contributed by atoms with Gasteiger partial charge in [0.25, 0.3) is 0 Å². The molecule has 0 atom stereocenters. The van der Waals surface area contributed by atoms with Gasteiger partial charge in [0.05, 0.1) is 4.90 Å². The second-order valence-electron chi connectivity index (χ2n) is 8.41. The maximum Gasteiger partial charge on any atom is 0.243 e. The Balaban J connectivity index is 1.44. The number of piperidine rings is 1. The third-order valence-electron chi connectivity index (χ3n) is 6.28. The van der Waals surface area contributed by atoms with Gasteiger partial charge in [0.15, 0.2) is 0 Å². The Morgan fingerprint density at radius 2 is 1.68 bits per heavy atom. The van der Waals surface area contributed by atoms with Crippen LogP contribution in [0.2, 0.25) is 0 Å². The second kappa shape index (κ2) is 9.88. The van der Waals surface area contributed by atoms with Crippen molar-refractivity contribution in [2.24, 2.45) is 5.92 Å². The number of aryl methyl sites for hydroxylation is 1. The lowest BCUT2D eigenvalue weighted by molar-refractivity contribution is -0.122. The highest BCUT2D eigenvalue weighted by atomic mass is 32.2. The lowest BCUT2D eigenvalue weighted by atomic mass is 9.93. The zero-order valence-corrected chi connectivity index (χ0v) is 17.8. The summed E-state index contributed by atoms with van der Waals surface area (Å²) in [4.78, 5) is 12.7.